The Morgan fingerprint density at radius 3 is 2.76 bits per heavy atom. The fourth-order valence-corrected chi connectivity index (χ4v) is 3.37. The molecule has 0 atom stereocenters. The Morgan fingerprint density at radius 2 is 2.00 bits per heavy atom. The van der Waals surface area contributed by atoms with Gasteiger partial charge in [0.25, 0.3) is 5.91 Å². The molecule has 2 heterocycles. The first-order valence-electron chi connectivity index (χ1n) is 9.17. The van der Waals surface area contributed by atoms with Crippen LogP contribution in [0.25, 0.3) is 0 Å². The van der Waals surface area contributed by atoms with Gasteiger partial charge < -0.3 is 19.6 Å². The highest BCUT2D eigenvalue weighted by molar-refractivity contribution is 6.04. The molecule has 0 saturated carbocycles. The van der Waals surface area contributed by atoms with Gasteiger partial charge in [-0.05, 0) is 43.5 Å². The number of hydrogen-bond donors (Lipinski definition) is 2. The van der Waals surface area contributed by atoms with E-state index in [1.807, 2.05) is 0 Å². The van der Waals surface area contributed by atoms with E-state index < -0.39 is 17.6 Å². The lowest BCUT2D eigenvalue weighted by Crippen LogP contribution is -2.15. The van der Waals surface area contributed by atoms with E-state index in [9.17, 15) is 18.0 Å². The number of fused-ring (bicyclic) bond motifs is 1. The SMILES string of the molecule is O=C(Nc1ccc(NCc2noc3c2CCCC3)c(C(F)(F)F)c1)c1ccoc1. The number of amides is 1. The van der Waals surface area contributed by atoms with Crippen LogP contribution in [-0.4, -0.2) is 11.1 Å². The monoisotopic (exact) mass is 405 g/mol. The van der Waals surface area contributed by atoms with Crippen LogP contribution in [0, 0.1) is 0 Å². The second-order valence-corrected chi connectivity index (χ2v) is 6.82. The van der Waals surface area contributed by atoms with Crippen LogP contribution in [0.4, 0.5) is 24.5 Å². The van der Waals surface area contributed by atoms with E-state index in [0.29, 0.717) is 5.69 Å². The van der Waals surface area contributed by atoms with Crippen molar-refractivity contribution in [1.82, 2.24) is 5.16 Å². The number of carbonyl (C=O) groups is 1. The minimum Gasteiger partial charge on any atom is -0.472 e. The van der Waals surface area contributed by atoms with Gasteiger partial charge in [0.05, 0.1) is 23.9 Å². The van der Waals surface area contributed by atoms with Crippen molar-refractivity contribution in [3.63, 3.8) is 0 Å². The summed E-state index contributed by atoms with van der Waals surface area (Å²) in [5.74, 6) is 0.267. The third-order valence-corrected chi connectivity index (χ3v) is 4.84. The zero-order chi connectivity index (χ0) is 20.4. The van der Waals surface area contributed by atoms with Gasteiger partial charge in [-0.3, -0.25) is 4.79 Å². The van der Waals surface area contributed by atoms with Crippen LogP contribution in [0.3, 0.4) is 0 Å². The summed E-state index contributed by atoms with van der Waals surface area (Å²) in [7, 11) is 0. The number of rotatable bonds is 5. The van der Waals surface area contributed by atoms with Gasteiger partial charge in [0.15, 0.2) is 0 Å². The van der Waals surface area contributed by atoms with Crippen molar-refractivity contribution in [2.75, 3.05) is 10.6 Å². The summed E-state index contributed by atoms with van der Waals surface area (Å²) in [4.78, 5) is 12.1. The quantitative estimate of drug-likeness (QED) is 0.622. The van der Waals surface area contributed by atoms with Crippen molar-refractivity contribution in [2.24, 2.45) is 0 Å². The maximum atomic E-state index is 13.6. The number of aromatic nitrogens is 1. The number of carbonyl (C=O) groups excluding carboxylic acids is 1. The van der Waals surface area contributed by atoms with Crippen LogP contribution in [0.15, 0.2) is 45.7 Å². The molecule has 3 aromatic rings. The molecule has 0 saturated heterocycles. The molecule has 6 nitrogen and oxygen atoms in total. The molecule has 0 radical (unpaired) electrons. The summed E-state index contributed by atoms with van der Waals surface area (Å²) in [5, 5.41) is 9.26. The number of furan rings is 1. The highest BCUT2D eigenvalue weighted by Gasteiger charge is 2.34. The Labute approximate surface area is 164 Å². The molecule has 2 N–H and O–H groups in total. The van der Waals surface area contributed by atoms with Gasteiger partial charge in [-0.1, -0.05) is 5.16 Å². The molecule has 0 unspecified atom stereocenters. The summed E-state index contributed by atoms with van der Waals surface area (Å²) in [6, 6.07) is 5.03. The Hall–Kier alpha value is -3.23. The molecule has 0 aliphatic heterocycles. The van der Waals surface area contributed by atoms with E-state index in [0.717, 1.165) is 43.1 Å². The number of alkyl halides is 3. The summed E-state index contributed by atoms with van der Waals surface area (Å²) < 4.78 is 50.8. The molecule has 1 aliphatic carbocycles. The molecule has 1 aromatic carbocycles. The van der Waals surface area contributed by atoms with Crippen LogP contribution in [0.2, 0.25) is 0 Å². The van der Waals surface area contributed by atoms with Crippen molar-refractivity contribution in [2.45, 2.75) is 38.4 Å². The van der Waals surface area contributed by atoms with E-state index in [1.54, 1.807) is 0 Å². The molecule has 0 spiro atoms. The fourth-order valence-electron chi connectivity index (χ4n) is 3.37. The number of halogens is 3. The summed E-state index contributed by atoms with van der Waals surface area (Å²) in [6.45, 7) is 0.128. The smallest absolute Gasteiger partial charge is 0.418 e. The third kappa shape index (κ3) is 4.13. The summed E-state index contributed by atoms with van der Waals surface area (Å²) in [6.07, 6.45) is 1.60. The molecule has 2 aromatic heterocycles. The van der Waals surface area contributed by atoms with E-state index in [1.165, 1.54) is 30.7 Å². The topological polar surface area (TPSA) is 80.3 Å². The number of nitrogens with one attached hydrogen (secondary N) is 2. The summed E-state index contributed by atoms with van der Waals surface area (Å²) >= 11 is 0. The average molecular weight is 405 g/mol. The molecule has 1 aliphatic rings. The zero-order valence-corrected chi connectivity index (χ0v) is 15.3. The van der Waals surface area contributed by atoms with Crippen molar-refractivity contribution in [3.05, 3.63) is 64.9 Å². The first-order chi connectivity index (χ1) is 13.9. The molecule has 1 amide bonds. The molecule has 0 fully saturated rings. The first-order valence-corrected chi connectivity index (χ1v) is 9.17. The predicted octanol–water partition coefficient (Wildman–Crippen LogP) is 5.03. The van der Waals surface area contributed by atoms with Crippen LogP contribution >= 0.6 is 0 Å². The Kier molecular flexibility index (Phi) is 5.04. The number of nitrogens with zero attached hydrogens (tertiary/aromatic N) is 1. The number of anilines is 2. The van der Waals surface area contributed by atoms with E-state index in [-0.39, 0.29) is 23.5 Å². The van der Waals surface area contributed by atoms with E-state index in [4.69, 9.17) is 8.94 Å². The molecule has 29 heavy (non-hydrogen) atoms. The van der Waals surface area contributed by atoms with Gasteiger partial charge in [0.2, 0.25) is 0 Å². The Balaban J connectivity index is 1.53. The van der Waals surface area contributed by atoms with Gasteiger partial charge in [-0.2, -0.15) is 13.2 Å². The van der Waals surface area contributed by atoms with Crippen molar-refractivity contribution < 1.29 is 26.9 Å². The highest BCUT2D eigenvalue weighted by Crippen LogP contribution is 2.37. The molecular formula is C20H18F3N3O3. The van der Waals surface area contributed by atoms with Crippen molar-refractivity contribution in [3.8, 4) is 0 Å². The fraction of sp³-hybridized carbons (Fsp3) is 0.300. The number of hydrogen-bond acceptors (Lipinski definition) is 5. The lowest BCUT2D eigenvalue weighted by molar-refractivity contribution is -0.136. The lowest BCUT2D eigenvalue weighted by Gasteiger charge is -2.16. The molecule has 4 rings (SSSR count). The molecular weight excluding hydrogens is 387 g/mol. The summed E-state index contributed by atoms with van der Waals surface area (Å²) in [5.41, 5.74) is 0.905. The maximum Gasteiger partial charge on any atom is 0.418 e. The van der Waals surface area contributed by atoms with Crippen LogP contribution in [0.5, 0.6) is 0 Å². The molecule has 152 valence electrons. The average Bonchev–Trinajstić information content (AvgIpc) is 3.36. The minimum absolute atomic E-state index is 0.0351. The zero-order valence-electron chi connectivity index (χ0n) is 15.3. The molecule has 0 bridgehead atoms. The maximum absolute atomic E-state index is 13.6. The Bertz CT molecular complexity index is 1010. The number of aryl methyl sites for hydroxylation is 1. The highest BCUT2D eigenvalue weighted by atomic mass is 19.4. The van der Waals surface area contributed by atoms with Crippen LogP contribution < -0.4 is 10.6 Å². The van der Waals surface area contributed by atoms with Gasteiger partial charge in [-0.15, -0.1) is 0 Å². The van der Waals surface area contributed by atoms with Gasteiger partial charge in [0.1, 0.15) is 17.7 Å². The second kappa shape index (κ2) is 7.65. The predicted molar refractivity (Wildman–Crippen MR) is 98.6 cm³/mol. The second-order valence-electron chi connectivity index (χ2n) is 6.82. The van der Waals surface area contributed by atoms with E-state index >= 15 is 0 Å². The lowest BCUT2D eigenvalue weighted by atomic mass is 9.96. The van der Waals surface area contributed by atoms with Crippen LogP contribution in [-0.2, 0) is 25.6 Å². The molecule has 9 heteroatoms. The van der Waals surface area contributed by atoms with Gasteiger partial charge >= 0.3 is 6.18 Å². The first kappa shape index (κ1) is 19.1. The van der Waals surface area contributed by atoms with Crippen LogP contribution in [0.1, 0.15) is 45.8 Å². The van der Waals surface area contributed by atoms with Gasteiger partial charge in [-0.25, -0.2) is 0 Å². The van der Waals surface area contributed by atoms with Crippen molar-refractivity contribution >= 4 is 17.3 Å². The van der Waals surface area contributed by atoms with E-state index in [2.05, 4.69) is 15.8 Å². The van der Waals surface area contributed by atoms with Crippen molar-refractivity contribution in [1.29, 1.82) is 0 Å². The number of benzene rings is 1. The third-order valence-electron chi connectivity index (χ3n) is 4.84. The standard InChI is InChI=1S/C20H18F3N3O3/c21-20(22,23)15-9-13(25-19(27)12-7-8-28-11-12)5-6-16(15)24-10-17-14-3-1-2-4-18(14)29-26-17/h5-9,11,24H,1-4,10H2,(H,25,27). The largest absolute Gasteiger partial charge is 0.472 e. The van der Waals surface area contributed by atoms with Gasteiger partial charge in [0, 0.05) is 23.4 Å². The normalized spacial score (nSPS) is 13.8. The Morgan fingerprint density at radius 1 is 1.17 bits per heavy atom. The minimum atomic E-state index is -4.60.